The number of carbonyl (C=O) groups is 2. The summed E-state index contributed by atoms with van der Waals surface area (Å²) >= 11 is 0. The molecule has 0 bridgehead atoms. The van der Waals surface area contributed by atoms with Crippen molar-refractivity contribution in [1.29, 1.82) is 0 Å². The number of allylic oxidation sites excluding steroid dienone is 1. The lowest BCUT2D eigenvalue weighted by Gasteiger charge is -2.39. The van der Waals surface area contributed by atoms with Crippen molar-refractivity contribution >= 4 is 11.9 Å². The van der Waals surface area contributed by atoms with E-state index in [-0.39, 0.29) is 18.6 Å². The second-order valence-electron chi connectivity index (χ2n) is 4.36. The summed E-state index contributed by atoms with van der Waals surface area (Å²) in [6.07, 6.45) is 1.51. The maximum absolute atomic E-state index is 11.3. The molecule has 0 aliphatic heterocycles. The molecule has 0 saturated carbocycles. The number of hydrogen-bond donors (Lipinski definition) is 2. The Balaban J connectivity index is 3.26. The Bertz CT molecular complexity index is 374. The van der Waals surface area contributed by atoms with Gasteiger partial charge in [0.05, 0.1) is 12.5 Å². The van der Waals surface area contributed by atoms with Gasteiger partial charge < -0.3 is 19.7 Å². The summed E-state index contributed by atoms with van der Waals surface area (Å²) in [6, 6.07) is 0. The lowest BCUT2D eigenvalue weighted by molar-refractivity contribution is -0.172. The Morgan fingerprint density at radius 1 is 1.29 bits per heavy atom. The Morgan fingerprint density at radius 3 is 2.24 bits per heavy atom. The molecule has 17 heavy (non-hydrogen) atoms. The average molecular weight is 244 g/mol. The van der Waals surface area contributed by atoms with Gasteiger partial charge in [-0.1, -0.05) is 0 Å². The van der Waals surface area contributed by atoms with E-state index in [4.69, 9.17) is 14.6 Å². The maximum Gasteiger partial charge on any atom is 0.343 e. The van der Waals surface area contributed by atoms with Crippen molar-refractivity contribution in [3.63, 3.8) is 0 Å². The molecule has 0 aromatic rings. The third-order valence-electron chi connectivity index (χ3n) is 3.21. The Kier molecular flexibility index (Phi) is 3.47. The van der Waals surface area contributed by atoms with Gasteiger partial charge in [0.15, 0.2) is 0 Å². The van der Waals surface area contributed by atoms with Gasteiger partial charge in [-0.15, -0.1) is 0 Å². The minimum atomic E-state index is -1.72. The minimum absolute atomic E-state index is 0.145. The minimum Gasteiger partial charge on any atom is -0.498 e. The topological polar surface area (TPSA) is 93.1 Å². The van der Waals surface area contributed by atoms with Crippen molar-refractivity contribution in [2.24, 2.45) is 5.41 Å². The molecule has 0 heterocycles. The van der Waals surface area contributed by atoms with Crippen molar-refractivity contribution in [1.82, 2.24) is 0 Å². The summed E-state index contributed by atoms with van der Waals surface area (Å²) in [5.41, 5.74) is -2.89. The highest BCUT2D eigenvalue weighted by Crippen LogP contribution is 2.43. The standard InChI is InChI=1S/C11H16O6/c1-10(8(12)13)5-4-7(16-2)11(6-10,17-3)9(14)15/h4H,5-6H2,1-3H3,(H,12,13)(H,14,15). The van der Waals surface area contributed by atoms with Crippen molar-refractivity contribution in [2.45, 2.75) is 25.4 Å². The predicted octanol–water partition coefficient (Wildman–Crippen LogP) is 0.871. The van der Waals surface area contributed by atoms with Crippen LogP contribution in [0.4, 0.5) is 0 Å². The number of methoxy groups -OCH3 is 2. The fraction of sp³-hybridized carbons (Fsp3) is 0.636. The first kappa shape index (κ1) is 13.5. The Morgan fingerprint density at radius 2 is 1.88 bits per heavy atom. The van der Waals surface area contributed by atoms with E-state index in [1.807, 2.05) is 0 Å². The van der Waals surface area contributed by atoms with Gasteiger partial charge in [-0.05, 0) is 19.4 Å². The van der Waals surface area contributed by atoms with E-state index in [1.54, 1.807) is 0 Å². The second-order valence-corrected chi connectivity index (χ2v) is 4.36. The van der Waals surface area contributed by atoms with Gasteiger partial charge >= 0.3 is 11.9 Å². The van der Waals surface area contributed by atoms with Crippen molar-refractivity contribution in [3.8, 4) is 0 Å². The summed E-state index contributed by atoms with van der Waals surface area (Å²) in [4.78, 5) is 22.5. The van der Waals surface area contributed by atoms with Gasteiger partial charge in [0.25, 0.3) is 0 Å². The predicted molar refractivity (Wildman–Crippen MR) is 57.4 cm³/mol. The number of carboxylic acids is 2. The monoisotopic (exact) mass is 244 g/mol. The van der Waals surface area contributed by atoms with E-state index in [2.05, 4.69) is 0 Å². The van der Waals surface area contributed by atoms with Gasteiger partial charge in [-0.2, -0.15) is 0 Å². The quantitative estimate of drug-likeness (QED) is 0.762. The number of hydrogen-bond acceptors (Lipinski definition) is 4. The molecule has 0 aromatic carbocycles. The van der Waals surface area contributed by atoms with Gasteiger partial charge in [-0.3, -0.25) is 4.79 Å². The van der Waals surface area contributed by atoms with Gasteiger partial charge in [-0.25, -0.2) is 4.79 Å². The number of carboxylic acid groups (broad SMARTS) is 2. The molecule has 0 aromatic heterocycles. The van der Waals surface area contributed by atoms with Crippen molar-refractivity contribution < 1.29 is 29.3 Å². The van der Waals surface area contributed by atoms with Crippen molar-refractivity contribution in [2.75, 3.05) is 14.2 Å². The lowest BCUT2D eigenvalue weighted by atomic mass is 9.71. The first-order valence-corrected chi connectivity index (χ1v) is 5.09. The molecular formula is C11H16O6. The van der Waals surface area contributed by atoms with Crippen LogP contribution in [0.15, 0.2) is 11.8 Å². The zero-order chi connectivity index (χ0) is 13.3. The van der Waals surface area contributed by atoms with Gasteiger partial charge in [0.2, 0.25) is 5.60 Å². The first-order valence-electron chi connectivity index (χ1n) is 5.09. The molecule has 1 aliphatic carbocycles. The third kappa shape index (κ3) is 2.00. The van der Waals surface area contributed by atoms with E-state index in [0.717, 1.165) is 0 Å². The van der Waals surface area contributed by atoms with E-state index in [0.29, 0.717) is 0 Å². The van der Waals surface area contributed by atoms with Crippen LogP contribution in [0.1, 0.15) is 19.8 Å². The van der Waals surface area contributed by atoms with E-state index in [9.17, 15) is 14.7 Å². The molecule has 0 amide bonds. The molecule has 0 spiro atoms. The van der Waals surface area contributed by atoms with Crippen LogP contribution in [0.5, 0.6) is 0 Å². The van der Waals surface area contributed by atoms with E-state index in [1.165, 1.54) is 27.2 Å². The largest absolute Gasteiger partial charge is 0.498 e. The molecule has 0 fully saturated rings. The molecule has 2 atom stereocenters. The van der Waals surface area contributed by atoms with Crippen LogP contribution in [0.2, 0.25) is 0 Å². The molecule has 96 valence electrons. The van der Waals surface area contributed by atoms with E-state index < -0.39 is 23.0 Å². The zero-order valence-electron chi connectivity index (χ0n) is 10.0. The molecule has 1 rings (SSSR count). The van der Waals surface area contributed by atoms with Crippen LogP contribution in [-0.2, 0) is 19.1 Å². The van der Waals surface area contributed by atoms with Gasteiger partial charge in [0, 0.05) is 13.5 Å². The fourth-order valence-electron chi connectivity index (χ4n) is 2.04. The van der Waals surface area contributed by atoms with Crippen LogP contribution >= 0.6 is 0 Å². The molecular weight excluding hydrogens is 228 g/mol. The number of aliphatic carboxylic acids is 2. The molecule has 0 radical (unpaired) electrons. The summed E-state index contributed by atoms with van der Waals surface area (Å²) in [7, 11) is 2.57. The summed E-state index contributed by atoms with van der Waals surface area (Å²) in [6.45, 7) is 1.50. The summed E-state index contributed by atoms with van der Waals surface area (Å²) in [5, 5.41) is 18.4. The highest BCUT2D eigenvalue weighted by molar-refractivity contribution is 5.84. The highest BCUT2D eigenvalue weighted by atomic mass is 16.6. The molecule has 6 nitrogen and oxygen atoms in total. The maximum atomic E-state index is 11.3. The van der Waals surface area contributed by atoms with Crippen LogP contribution in [-0.4, -0.2) is 42.0 Å². The Labute approximate surface area is 98.8 Å². The summed E-state index contributed by atoms with van der Waals surface area (Å²) in [5.74, 6) is -2.15. The smallest absolute Gasteiger partial charge is 0.343 e. The molecule has 2 unspecified atom stereocenters. The Hall–Kier alpha value is -1.56. The SMILES string of the molecule is COC1=CCC(C)(C(=O)O)CC1(OC)C(=O)O. The molecule has 1 aliphatic rings. The van der Waals surface area contributed by atoms with Crippen LogP contribution in [0.25, 0.3) is 0 Å². The normalized spacial score (nSPS) is 32.8. The number of ether oxygens (including phenoxy) is 2. The molecule has 0 saturated heterocycles. The van der Waals surface area contributed by atoms with E-state index >= 15 is 0 Å². The summed E-state index contributed by atoms with van der Waals surface area (Å²) < 4.78 is 10.0. The highest BCUT2D eigenvalue weighted by Gasteiger charge is 2.54. The fourth-order valence-corrected chi connectivity index (χ4v) is 2.04. The first-order chi connectivity index (χ1) is 7.82. The average Bonchev–Trinajstić information content (AvgIpc) is 2.28. The van der Waals surface area contributed by atoms with Crippen LogP contribution < -0.4 is 0 Å². The zero-order valence-corrected chi connectivity index (χ0v) is 10.0. The third-order valence-corrected chi connectivity index (χ3v) is 3.21. The van der Waals surface area contributed by atoms with Gasteiger partial charge in [0.1, 0.15) is 5.76 Å². The molecule has 2 N–H and O–H groups in total. The molecule has 6 heteroatoms. The van der Waals surface area contributed by atoms with Crippen LogP contribution in [0, 0.1) is 5.41 Å². The van der Waals surface area contributed by atoms with Crippen LogP contribution in [0.3, 0.4) is 0 Å². The van der Waals surface area contributed by atoms with Crippen molar-refractivity contribution in [3.05, 3.63) is 11.8 Å². The second kappa shape index (κ2) is 4.37. The lowest BCUT2D eigenvalue weighted by Crippen LogP contribution is -2.51. The number of rotatable bonds is 4.